The number of hydrazine groups is 1. The minimum absolute atomic E-state index is 0.276. The third-order valence-electron chi connectivity index (χ3n) is 2.65. The van der Waals surface area contributed by atoms with Crippen LogP contribution in [0.2, 0.25) is 0 Å². The smallest absolute Gasteiger partial charge is 0.0462 e. The van der Waals surface area contributed by atoms with Gasteiger partial charge in [0.05, 0.1) is 0 Å². The van der Waals surface area contributed by atoms with Crippen molar-refractivity contribution in [3.05, 3.63) is 33.8 Å². The lowest BCUT2D eigenvalue weighted by atomic mass is 9.97. The normalized spacial score (nSPS) is 12.8. The summed E-state index contributed by atoms with van der Waals surface area (Å²) in [4.78, 5) is 0. The Hall–Kier alpha value is -0.380. The largest absolute Gasteiger partial charge is 0.271 e. The van der Waals surface area contributed by atoms with Gasteiger partial charge in [0.1, 0.15) is 0 Å². The molecule has 1 rings (SSSR count). The molecular formula is C12H19BrN2. The van der Waals surface area contributed by atoms with E-state index < -0.39 is 0 Å². The van der Waals surface area contributed by atoms with Crippen molar-refractivity contribution >= 4 is 15.9 Å². The molecule has 84 valence electrons. The zero-order valence-corrected chi connectivity index (χ0v) is 11.0. The molecule has 0 amide bonds. The molecule has 0 heterocycles. The Morgan fingerprint density at radius 3 is 2.73 bits per heavy atom. The van der Waals surface area contributed by atoms with Crippen molar-refractivity contribution in [3.8, 4) is 0 Å². The van der Waals surface area contributed by atoms with E-state index in [1.807, 2.05) is 0 Å². The summed E-state index contributed by atoms with van der Waals surface area (Å²) in [5.74, 6) is 5.59. The SMILES string of the molecule is CCCCC(NN)c1ccc(Br)cc1C. The van der Waals surface area contributed by atoms with Gasteiger partial charge in [-0.1, -0.05) is 41.8 Å². The van der Waals surface area contributed by atoms with Gasteiger partial charge >= 0.3 is 0 Å². The van der Waals surface area contributed by atoms with Crippen LogP contribution in [-0.2, 0) is 0 Å². The van der Waals surface area contributed by atoms with Crippen LogP contribution in [0, 0.1) is 6.92 Å². The topological polar surface area (TPSA) is 38.0 Å². The van der Waals surface area contributed by atoms with Gasteiger partial charge in [-0.05, 0) is 36.6 Å². The molecule has 0 aliphatic carbocycles. The van der Waals surface area contributed by atoms with Crippen LogP contribution in [0.1, 0.15) is 43.4 Å². The highest BCUT2D eigenvalue weighted by molar-refractivity contribution is 9.10. The Kier molecular flexibility index (Phi) is 5.29. The fourth-order valence-corrected chi connectivity index (χ4v) is 2.24. The van der Waals surface area contributed by atoms with E-state index in [9.17, 15) is 0 Å². The van der Waals surface area contributed by atoms with Crippen molar-refractivity contribution in [1.29, 1.82) is 0 Å². The van der Waals surface area contributed by atoms with E-state index in [-0.39, 0.29) is 6.04 Å². The Morgan fingerprint density at radius 1 is 1.47 bits per heavy atom. The summed E-state index contributed by atoms with van der Waals surface area (Å²) in [5, 5.41) is 0. The van der Waals surface area contributed by atoms with Crippen molar-refractivity contribution in [3.63, 3.8) is 0 Å². The van der Waals surface area contributed by atoms with Gasteiger partial charge in [-0.25, -0.2) is 0 Å². The molecule has 0 aliphatic heterocycles. The third kappa shape index (κ3) is 3.59. The van der Waals surface area contributed by atoms with Crippen LogP contribution >= 0.6 is 15.9 Å². The number of hydrogen-bond donors (Lipinski definition) is 2. The van der Waals surface area contributed by atoms with Gasteiger partial charge in [0.15, 0.2) is 0 Å². The number of nitrogens with two attached hydrogens (primary N) is 1. The number of hydrogen-bond acceptors (Lipinski definition) is 2. The summed E-state index contributed by atoms with van der Waals surface area (Å²) in [6.45, 7) is 4.32. The second-order valence-corrected chi connectivity index (χ2v) is 4.78. The quantitative estimate of drug-likeness (QED) is 0.636. The molecule has 1 atom stereocenters. The summed E-state index contributed by atoms with van der Waals surface area (Å²) < 4.78 is 1.12. The first-order valence-electron chi connectivity index (χ1n) is 5.41. The van der Waals surface area contributed by atoms with Gasteiger partial charge in [-0.2, -0.15) is 0 Å². The Morgan fingerprint density at radius 2 is 2.20 bits per heavy atom. The highest BCUT2D eigenvalue weighted by Crippen LogP contribution is 2.24. The summed E-state index contributed by atoms with van der Waals surface area (Å²) in [7, 11) is 0. The summed E-state index contributed by atoms with van der Waals surface area (Å²) >= 11 is 3.47. The second kappa shape index (κ2) is 6.26. The predicted octanol–water partition coefficient (Wildman–Crippen LogP) is 3.45. The van der Waals surface area contributed by atoms with Gasteiger partial charge in [-0.3, -0.25) is 11.3 Å². The van der Waals surface area contributed by atoms with Gasteiger partial charge in [-0.15, -0.1) is 0 Å². The molecule has 0 aromatic heterocycles. The highest BCUT2D eigenvalue weighted by Gasteiger charge is 2.11. The Labute approximate surface area is 100 Å². The van der Waals surface area contributed by atoms with E-state index in [4.69, 9.17) is 5.84 Å². The second-order valence-electron chi connectivity index (χ2n) is 3.86. The molecule has 0 spiro atoms. The zero-order valence-electron chi connectivity index (χ0n) is 9.39. The maximum absolute atomic E-state index is 5.59. The average Bonchev–Trinajstić information content (AvgIpc) is 2.21. The number of halogens is 1. The first-order chi connectivity index (χ1) is 7.19. The Balaban J connectivity index is 2.81. The van der Waals surface area contributed by atoms with Crippen molar-refractivity contribution < 1.29 is 0 Å². The van der Waals surface area contributed by atoms with Gasteiger partial charge < -0.3 is 0 Å². The molecule has 3 N–H and O–H groups in total. The predicted molar refractivity (Wildman–Crippen MR) is 68.5 cm³/mol. The van der Waals surface area contributed by atoms with Gasteiger partial charge in [0.25, 0.3) is 0 Å². The van der Waals surface area contributed by atoms with E-state index in [0.29, 0.717) is 0 Å². The van der Waals surface area contributed by atoms with E-state index in [1.165, 1.54) is 24.0 Å². The summed E-state index contributed by atoms with van der Waals surface area (Å²) in [6, 6.07) is 6.61. The van der Waals surface area contributed by atoms with E-state index in [2.05, 4.69) is 53.4 Å². The maximum Gasteiger partial charge on any atom is 0.0462 e. The number of aryl methyl sites for hydroxylation is 1. The van der Waals surface area contributed by atoms with Crippen LogP contribution in [0.15, 0.2) is 22.7 Å². The number of nitrogens with one attached hydrogen (secondary N) is 1. The molecular weight excluding hydrogens is 252 g/mol. The molecule has 1 aromatic carbocycles. The van der Waals surface area contributed by atoms with Crippen LogP contribution in [0.5, 0.6) is 0 Å². The molecule has 3 heteroatoms. The molecule has 1 unspecified atom stereocenters. The minimum Gasteiger partial charge on any atom is -0.271 e. The third-order valence-corrected chi connectivity index (χ3v) is 3.15. The van der Waals surface area contributed by atoms with Crippen molar-refractivity contribution in [2.75, 3.05) is 0 Å². The van der Waals surface area contributed by atoms with Crippen LogP contribution in [-0.4, -0.2) is 0 Å². The summed E-state index contributed by atoms with van der Waals surface area (Å²) in [5.41, 5.74) is 5.48. The van der Waals surface area contributed by atoms with Gasteiger partial charge in [0, 0.05) is 10.5 Å². The van der Waals surface area contributed by atoms with Crippen LogP contribution in [0.25, 0.3) is 0 Å². The fraction of sp³-hybridized carbons (Fsp3) is 0.500. The average molecular weight is 271 g/mol. The fourth-order valence-electron chi connectivity index (χ4n) is 1.77. The molecule has 15 heavy (non-hydrogen) atoms. The Bertz CT molecular complexity index is 312. The molecule has 0 bridgehead atoms. The van der Waals surface area contributed by atoms with E-state index >= 15 is 0 Å². The monoisotopic (exact) mass is 270 g/mol. The molecule has 2 nitrogen and oxygen atoms in total. The maximum atomic E-state index is 5.59. The standard InChI is InChI=1S/C12H19BrN2/c1-3-4-5-12(15-14)11-7-6-10(13)8-9(11)2/h6-8,12,15H,3-5,14H2,1-2H3. The summed E-state index contributed by atoms with van der Waals surface area (Å²) in [6.07, 6.45) is 3.49. The molecule has 0 radical (unpaired) electrons. The van der Waals surface area contributed by atoms with E-state index in [1.54, 1.807) is 0 Å². The number of unbranched alkanes of at least 4 members (excludes halogenated alkanes) is 1. The molecule has 0 saturated carbocycles. The van der Waals surface area contributed by atoms with Crippen LogP contribution in [0.3, 0.4) is 0 Å². The van der Waals surface area contributed by atoms with Gasteiger partial charge in [0.2, 0.25) is 0 Å². The van der Waals surface area contributed by atoms with E-state index in [0.717, 1.165) is 10.9 Å². The zero-order chi connectivity index (χ0) is 11.3. The lowest BCUT2D eigenvalue weighted by Gasteiger charge is -2.18. The molecule has 0 saturated heterocycles. The molecule has 1 aromatic rings. The highest BCUT2D eigenvalue weighted by atomic mass is 79.9. The molecule has 0 fully saturated rings. The first kappa shape index (κ1) is 12.7. The lowest BCUT2D eigenvalue weighted by Crippen LogP contribution is -2.28. The van der Waals surface area contributed by atoms with Crippen LogP contribution in [0.4, 0.5) is 0 Å². The van der Waals surface area contributed by atoms with Crippen molar-refractivity contribution in [2.24, 2.45) is 5.84 Å². The van der Waals surface area contributed by atoms with Crippen LogP contribution < -0.4 is 11.3 Å². The number of rotatable bonds is 5. The molecule has 0 aliphatic rings. The minimum atomic E-state index is 0.276. The van der Waals surface area contributed by atoms with Crippen molar-refractivity contribution in [2.45, 2.75) is 39.2 Å². The van der Waals surface area contributed by atoms with Crippen molar-refractivity contribution in [1.82, 2.24) is 5.43 Å². The lowest BCUT2D eigenvalue weighted by molar-refractivity contribution is 0.493. The number of benzene rings is 1. The first-order valence-corrected chi connectivity index (χ1v) is 6.20.